The lowest BCUT2D eigenvalue weighted by atomic mass is 10.1. The SMILES string of the molecule is C[NH+](Cc1ccccc1)Cc1cn([C@H]2CO[C@H]3[C@@H]2OC[C@@H]3NC(=O)c2ccc(C(F)(F)F)cc2)nn1. The second kappa shape index (κ2) is 10.00. The van der Waals surface area contributed by atoms with Crippen LogP contribution in [0, 0.1) is 0 Å². The fourth-order valence-electron chi connectivity index (χ4n) is 4.76. The van der Waals surface area contributed by atoms with Gasteiger partial charge >= 0.3 is 6.18 Å². The summed E-state index contributed by atoms with van der Waals surface area (Å²) in [5.74, 6) is -0.475. The molecule has 2 aliphatic heterocycles. The first-order valence-electron chi connectivity index (χ1n) is 11.7. The van der Waals surface area contributed by atoms with E-state index in [1.165, 1.54) is 10.5 Å². The van der Waals surface area contributed by atoms with E-state index >= 15 is 0 Å². The van der Waals surface area contributed by atoms with Crippen LogP contribution in [0.5, 0.6) is 0 Å². The molecule has 8 nitrogen and oxygen atoms in total. The summed E-state index contributed by atoms with van der Waals surface area (Å²) in [6, 6.07) is 13.8. The molecule has 5 rings (SSSR count). The van der Waals surface area contributed by atoms with Crippen LogP contribution in [0.1, 0.15) is 33.2 Å². The number of benzene rings is 2. The number of aromatic nitrogens is 3. The Kier molecular flexibility index (Phi) is 6.78. The summed E-state index contributed by atoms with van der Waals surface area (Å²) in [5, 5.41) is 11.4. The zero-order valence-electron chi connectivity index (χ0n) is 19.6. The predicted octanol–water partition coefficient (Wildman–Crippen LogP) is 1.65. The van der Waals surface area contributed by atoms with Crippen molar-refractivity contribution in [1.82, 2.24) is 20.3 Å². The maximum Gasteiger partial charge on any atom is 0.416 e. The topological polar surface area (TPSA) is 82.7 Å². The van der Waals surface area contributed by atoms with Crippen molar-refractivity contribution in [3.8, 4) is 0 Å². The van der Waals surface area contributed by atoms with Crippen molar-refractivity contribution in [2.24, 2.45) is 0 Å². The molecule has 2 aliphatic rings. The summed E-state index contributed by atoms with van der Waals surface area (Å²) >= 11 is 0. The van der Waals surface area contributed by atoms with Gasteiger partial charge in [-0.3, -0.25) is 4.79 Å². The first kappa shape index (κ1) is 24.4. The zero-order valence-corrected chi connectivity index (χ0v) is 19.6. The maximum absolute atomic E-state index is 12.8. The first-order valence-corrected chi connectivity index (χ1v) is 11.7. The Morgan fingerprint density at radius 3 is 2.50 bits per heavy atom. The lowest BCUT2D eigenvalue weighted by Crippen LogP contribution is -3.06. The Bertz CT molecular complexity index is 1190. The van der Waals surface area contributed by atoms with Gasteiger partial charge in [0.1, 0.15) is 37.0 Å². The normalized spacial score (nSPS) is 24.4. The van der Waals surface area contributed by atoms with E-state index in [1.54, 1.807) is 4.68 Å². The highest BCUT2D eigenvalue weighted by Crippen LogP contribution is 2.34. The quantitative estimate of drug-likeness (QED) is 0.514. The number of quaternary nitrogens is 1. The number of nitrogens with zero attached hydrogens (tertiary/aromatic N) is 3. The number of carbonyl (C=O) groups excluding carboxylic acids is 1. The van der Waals surface area contributed by atoms with Crippen LogP contribution in [0.4, 0.5) is 13.2 Å². The third-order valence-electron chi connectivity index (χ3n) is 6.55. The molecule has 1 amide bonds. The Labute approximate surface area is 206 Å². The van der Waals surface area contributed by atoms with Crippen LogP contribution in [0.2, 0.25) is 0 Å². The molecule has 0 spiro atoms. The third-order valence-corrected chi connectivity index (χ3v) is 6.55. The molecule has 11 heteroatoms. The van der Waals surface area contributed by atoms with Crippen LogP contribution < -0.4 is 10.2 Å². The number of hydrogen-bond donors (Lipinski definition) is 2. The van der Waals surface area contributed by atoms with Gasteiger partial charge in [-0.05, 0) is 24.3 Å². The number of rotatable bonds is 7. The maximum atomic E-state index is 12.8. The predicted molar refractivity (Wildman–Crippen MR) is 122 cm³/mol. The summed E-state index contributed by atoms with van der Waals surface area (Å²) < 4.78 is 52.0. The standard InChI is InChI=1S/C25H26F3N5O3/c1-32(11-16-5-3-2-4-6-16)12-19-13-33(31-30-19)21-15-36-22-20(14-35-23(21)22)29-24(34)17-7-9-18(10-8-17)25(26,27)28/h2-10,13,20-23H,11-12,14-15H2,1H3,(H,29,34)/p+1/t20-,21-,22+,23+/m0/s1. The second-order valence-corrected chi connectivity index (χ2v) is 9.30. The summed E-state index contributed by atoms with van der Waals surface area (Å²) in [4.78, 5) is 13.9. The van der Waals surface area contributed by atoms with E-state index in [0.717, 1.165) is 36.5 Å². The monoisotopic (exact) mass is 502 g/mol. The van der Waals surface area contributed by atoms with Gasteiger partial charge < -0.3 is 19.7 Å². The lowest BCUT2D eigenvalue weighted by molar-refractivity contribution is -0.908. The minimum Gasteiger partial charge on any atom is -0.371 e. The molecule has 0 radical (unpaired) electrons. The Hall–Kier alpha value is -3.28. The summed E-state index contributed by atoms with van der Waals surface area (Å²) in [6.07, 6.45) is -3.24. The number of fused-ring (bicyclic) bond motifs is 1. The Balaban J connectivity index is 1.17. The van der Waals surface area contributed by atoms with Crippen LogP contribution in [-0.4, -0.2) is 59.4 Å². The molecule has 190 valence electrons. The van der Waals surface area contributed by atoms with Crippen molar-refractivity contribution in [1.29, 1.82) is 0 Å². The van der Waals surface area contributed by atoms with E-state index in [0.29, 0.717) is 13.2 Å². The van der Waals surface area contributed by atoms with Crippen molar-refractivity contribution >= 4 is 5.91 Å². The average Bonchev–Trinajstić information content (AvgIpc) is 3.57. The molecule has 2 N–H and O–H groups in total. The lowest BCUT2D eigenvalue weighted by Gasteiger charge is -2.18. The molecule has 1 aromatic heterocycles. The molecule has 0 saturated carbocycles. The molecule has 2 aromatic carbocycles. The van der Waals surface area contributed by atoms with Crippen LogP contribution in [0.25, 0.3) is 0 Å². The zero-order chi connectivity index (χ0) is 25.3. The van der Waals surface area contributed by atoms with Crippen molar-refractivity contribution < 1.29 is 32.3 Å². The number of ether oxygens (including phenoxy) is 2. The van der Waals surface area contributed by atoms with Crippen molar-refractivity contribution in [3.05, 3.63) is 83.2 Å². The van der Waals surface area contributed by atoms with Gasteiger partial charge in [-0.15, -0.1) is 5.10 Å². The van der Waals surface area contributed by atoms with Gasteiger partial charge in [0, 0.05) is 11.1 Å². The second-order valence-electron chi connectivity index (χ2n) is 9.30. The van der Waals surface area contributed by atoms with Gasteiger partial charge in [-0.1, -0.05) is 35.5 Å². The highest BCUT2D eigenvalue weighted by Gasteiger charge is 2.49. The molecule has 2 fully saturated rings. The third kappa shape index (κ3) is 5.28. The Morgan fingerprint density at radius 1 is 1.06 bits per heavy atom. The van der Waals surface area contributed by atoms with Gasteiger partial charge in [0.05, 0.1) is 38.1 Å². The van der Waals surface area contributed by atoms with Gasteiger partial charge in [0.2, 0.25) is 0 Å². The van der Waals surface area contributed by atoms with Crippen molar-refractivity contribution in [3.63, 3.8) is 0 Å². The molecule has 1 unspecified atom stereocenters. The molecule has 5 atom stereocenters. The summed E-state index contributed by atoms with van der Waals surface area (Å²) in [6.45, 7) is 2.18. The number of alkyl halides is 3. The number of halogens is 3. The fraction of sp³-hybridized carbons (Fsp3) is 0.400. The Morgan fingerprint density at radius 2 is 1.78 bits per heavy atom. The summed E-state index contributed by atoms with van der Waals surface area (Å²) in [7, 11) is 2.10. The average molecular weight is 503 g/mol. The van der Waals surface area contributed by atoms with Gasteiger partial charge in [0.25, 0.3) is 5.91 Å². The molecule has 3 aromatic rings. The van der Waals surface area contributed by atoms with Gasteiger partial charge in [-0.2, -0.15) is 13.2 Å². The fourth-order valence-corrected chi connectivity index (χ4v) is 4.76. The molecule has 0 bridgehead atoms. The molecular formula is C25H27F3N5O3+. The number of amides is 1. The smallest absolute Gasteiger partial charge is 0.371 e. The van der Waals surface area contributed by atoms with Crippen molar-refractivity contribution in [2.75, 3.05) is 20.3 Å². The number of hydrogen-bond acceptors (Lipinski definition) is 5. The van der Waals surface area contributed by atoms with E-state index in [1.807, 2.05) is 24.4 Å². The van der Waals surface area contributed by atoms with Crippen LogP contribution >= 0.6 is 0 Å². The summed E-state index contributed by atoms with van der Waals surface area (Å²) in [5.41, 5.74) is 1.45. The minimum atomic E-state index is -4.45. The van der Waals surface area contributed by atoms with Crippen LogP contribution in [0.3, 0.4) is 0 Å². The van der Waals surface area contributed by atoms with Crippen LogP contribution in [0.15, 0.2) is 60.8 Å². The van der Waals surface area contributed by atoms with Crippen LogP contribution in [-0.2, 0) is 28.7 Å². The van der Waals surface area contributed by atoms with E-state index in [-0.39, 0.29) is 30.4 Å². The highest BCUT2D eigenvalue weighted by atomic mass is 19.4. The molecule has 0 aliphatic carbocycles. The van der Waals surface area contributed by atoms with Gasteiger partial charge in [-0.25, -0.2) is 4.68 Å². The molecule has 2 saturated heterocycles. The minimum absolute atomic E-state index is 0.143. The van der Waals surface area contributed by atoms with E-state index in [2.05, 4.69) is 34.8 Å². The first-order chi connectivity index (χ1) is 17.3. The number of nitrogens with one attached hydrogen (secondary N) is 2. The highest BCUT2D eigenvalue weighted by molar-refractivity contribution is 5.94. The van der Waals surface area contributed by atoms with E-state index in [9.17, 15) is 18.0 Å². The number of carbonyl (C=O) groups is 1. The molecule has 36 heavy (non-hydrogen) atoms. The largest absolute Gasteiger partial charge is 0.416 e. The van der Waals surface area contributed by atoms with E-state index in [4.69, 9.17) is 9.47 Å². The molecule has 3 heterocycles. The van der Waals surface area contributed by atoms with Gasteiger partial charge in [0.15, 0.2) is 0 Å². The van der Waals surface area contributed by atoms with Crippen molar-refractivity contribution in [2.45, 2.75) is 43.6 Å². The molecular weight excluding hydrogens is 475 g/mol. The van der Waals surface area contributed by atoms with E-state index < -0.39 is 23.7 Å².